The van der Waals surface area contributed by atoms with E-state index in [1.165, 1.54) is 83.5 Å². The molecule has 1 atom stereocenters. The topological polar surface area (TPSA) is 81.4 Å². The van der Waals surface area contributed by atoms with Crippen LogP contribution in [-0.4, -0.2) is 6.23 Å². The number of hydrogen-bond donors (Lipinski definition) is 1. The van der Waals surface area contributed by atoms with E-state index in [-0.39, 0.29) is 0 Å². The zero-order valence-corrected chi connectivity index (χ0v) is 15.8. The Kier molecular flexibility index (Phi) is 18.6. The molecule has 5 heteroatoms. The normalized spacial score (nSPS) is 12.9. The van der Waals surface area contributed by atoms with E-state index < -0.39 is 17.0 Å². The van der Waals surface area contributed by atoms with Crippen LogP contribution in [0, 0.1) is 10.8 Å². The highest BCUT2D eigenvalue weighted by Gasteiger charge is 2.16. The molecule has 0 spiro atoms. The lowest BCUT2D eigenvalue weighted by molar-refractivity contribution is -1.63. The summed E-state index contributed by atoms with van der Waals surface area (Å²) in [6.07, 6.45) is 19.7. The first-order chi connectivity index (χ1) is 11.2. The van der Waals surface area contributed by atoms with Crippen molar-refractivity contribution in [2.24, 2.45) is 5.73 Å². The van der Waals surface area contributed by atoms with Crippen molar-refractivity contribution in [3.63, 3.8) is 0 Å². The molecule has 0 amide bonds. The van der Waals surface area contributed by atoms with Crippen LogP contribution in [0.1, 0.15) is 110 Å². The highest BCUT2D eigenvalue weighted by molar-refractivity contribution is 4.51. The third-order valence-electron chi connectivity index (χ3n) is 4.28. The van der Waals surface area contributed by atoms with Crippen LogP contribution in [0.25, 0.3) is 0 Å². The Labute approximate surface area is 146 Å². The van der Waals surface area contributed by atoms with Gasteiger partial charge in [0.15, 0.2) is 0 Å². The molecule has 0 aliphatic heterocycles. The van der Waals surface area contributed by atoms with Crippen LogP contribution in [0.4, 0.5) is 0 Å². The van der Waals surface area contributed by atoms with Crippen molar-refractivity contribution in [3.8, 4) is 0 Å². The number of unbranched alkanes of at least 4 members (excludes halogenated alkanes) is 14. The van der Waals surface area contributed by atoms with Crippen molar-refractivity contribution >= 4 is 0 Å². The van der Waals surface area contributed by atoms with Crippen LogP contribution in [0.2, 0.25) is 0 Å². The molecule has 0 fully saturated rings. The summed E-state index contributed by atoms with van der Waals surface area (Å²) in [6.45, 7) is 2.27. The van der Waals surface area contributed by atoms with Crippen molar-refractivity contribution in [1.29, 1.82) is 0 Å². The second-order valence-electron chi connectivity index (χ2n) is 6.55. The van der Waals surface area contributed by atoms with Crippen molar-refractivity contribution in [1.82, 2.24) is 0 Å². The minimum Gasteiger partial charge on any atom is -0.320 e. The van der Waals surface area contributed by atoms with Gasteiger partial charge >= 0.3 is 0 Å². The molecule has 23 heavy (non-hydrogen) atoms. The zero-order chi connectivity index (χ0) is 17.2. The number of rotatable bonds is 18. The van der Waals surface area contributed by atoms with Crippen molar-refractivity contribution in [2.45, 2.75) is 116 Å². The first kappa shape index (κ1) is 23.1. The van der Waals surface area contributed by atoms with Crippen LogP contribution in [0.15, 0.2) is 0 Å². The zero-order valence-electron chi connectivity index (χ0n) is 15.1. The monoisotopic (exact) mass is 351 g/mol. The van der Waals surface area contributed by atoms with Crippen molar-refractivity contribution in [2.75, 3.05) is 0 Å². The summed E-state index contributed by atoms with van der Waals surface area (Å²) < 4.78 is 24.9. The molecule has 0 aliphatic carbocycles. The quantitative estimate of drug-likeness (QED) is 0.302. The average Bonchev–Trinajstić information content (AvgIpc) is 2.50. The fraction of sp³-hybridized carbons (Fsp3) is 1.00. The Balaban J connectivity index is 3.05. The van der Waals surface area contributed by atoms with Gasteiger partial charge < -0.3 is 9.32 Å². The van der Waals surface area contributed by atoms with E-state index in [1.54, 1.807) is 0 Å². The maximum atomic E-state index is 10.2. The van der Waals surface area contributed by atoms with Crippen LogP contribution in [-0.2, 0) is 4.29 Å². The molecular weight excluding hydrogens is 314 g/mol. The van der Waals surface area contributed by atoms with Gasteiger partial charge in [0.05, 0.1) is 0 Å². The van der Waals surface area contributed by atoms with Crippen molar-refractivity contribution in [3.05, 3.63) is 0 Å². The fourth-order valence-corrected chi connectivity index (χ4v) is 3.13. The first-order valence-electron chi connectivity index (χ1n) is 9.65. The van der Waals surface area contributed by atoms with E-state index in [0.717, 1.165) is 12.8 Å². The lowest BCUT2D eigenvalue weighted by Crippen LogP contribution is -2.40. The van der Waals surface area contributed by atoms with Crippen LogP contribution >= 0.6 is 0 Å². The highest BCUT2D eigenvalue weighted by Crippen LogP contribution is 2.14. The fourth-order valence-electron chi connectivity index (χ4n) is 2.85. The summed E-state index contributed by atoms with van der Waals surface area (Å²) >= 11 is 0. The van der Waals surface area contributed by atoms with E-state index in [4.69, 9.17) is 5.73 Å². The maximum Gasteiger partial charge on any atom is 0.287 e. The predicted octanol–water partition coefficient (Wildman–Crippen LogP) is 3.64. The van der Waals surface area contributed by atoms with E-state index in [9.17, 15) is 9.32 Å². The lowest BCUT2D eigenvalue weighted by atomic mass is 10.0. The Bertz CT molecular complexity index is 230. The largest absolute Gasteiger partial charge is 0.320 e. The molecular formula is C18H38ClNO3. The molecule has 2 N–H and O–H groups in total. The molecule has 0 aromatic carbocycles. The van der Waals surface area contributed by atoms with Crippen molar-refractivity contribution < 1.29 is 24.4 Å². The minimum atomic E-state index is -2.17. The van der Waals surface area contributed by atoms with E-state index in [1.807, 2.05) is 0 Å². The Morgan fingerprint density at radius 1 is 0.696 bits per heavy atom. The molecule has 1 unspecified atom stereocenters. The molecule has 4 nitrogen and oxygen atoms in total. The van der Waals surface area contributed by atoms with Gasteiger partial charge in [-0.15, -0.1) is 0 Å². The number of halogens is 1. The molecule has 0 aromatic heterocycles. The number of hydrogen-bond acceptors (Lipinski definition) is 4. The SMILES string of the molecule is CCCCCCCCCCCCCCCCCC(N)O[Cl+2]([O-])[O-]. The van der Waals surface area contributed by atoms with E-state index >= 15 is 0 Å². The average molecular weight is 352 g/mol. The molecule has 0 aliphatic rings. The van der Waals surface area contributed by atoms with Gasteiger partial charge in [0.2, 0.25) is 6.23 Å². The van der Waals surface area contributed by atoms with Gasteiger partial charge in [-0.2, -0.15) is 0 Å². The summed E-state index contributed by atoms with van der Waals surface area (Å²) in [5.74, 6) is 0. The first-order valence-corrected chi connectivity index (χ1v) is 10.6. The second kappa shape index (κ2) is 18.5. The molecule has 0 bridgehead atoms. The smallest absolute Gasteiger partial charge is 0.287 e. The maximum absolute atomic E-state index is 10.2. The Hall–Kier alpha value is 0.130. The van der Waals surface area contributed by atoms with Gasteiger partial charge in [0.1, 0.15) is 0 Å². The summed E-state index contributed by atoms with van der Waals surface area (Å²) in [4.78, 5) is 0. The predicted molar refractivity (Wildman–Crippen MR) is 88.6 cm³/mol. The number of nitrogens with two attached hydrogens (primary N) is 1. The van der Waals surface area contributed by atoms with E-state index in [2.05, 4.69) is 11.2 Å². The molecule has 140 valence electrons. The van der Waals surface area contributed by atoms with Gasteiger partial charge in [-0.3, -0.25) is 5.73 Å². The summed E-state index contributed by atoms with van der Waals surface area (Å²) in [5, 5.41) is 0. The molecule has 0 saturated heterocycles. The standard InChI is InChI=1S/C18H38ClNO3/c1-2-3-4-5-6-7-8-9-10-11-12-13-14-15-16-17-18(20)23-19(21)22/h18H,2-17,20H2,1H3. The summed E-state index contributed by atoms with van der Waals surface area (Å²) in [7, 11) is -2.17. The molecule has 0 aromatic rings. The molecule has 0 saturated carbocycles. The third kappa shape index (κ3) is 20.1. The van der Waals surface area contributed by atoms with E-state index in [0.29, 0.717) is 6.42 Å². The van der Waals surface area contributed by atoms with Gasteiger partial charge in [-0.25, -0.2) is 0 Å². The second-order valence-corrected chi connectivity index (χ2v) is 7.11. The van der Waals surface area contributed by atoms with Crippen LogP contribution in [0.3, 0.4) is 0 Å². The van der Waals surface area contributed by atoms with Gasteiger partial charge in [-0.1, -0.05) is 96.8 Å². The highest BCUT2D eigenvalue weighted by atomic mass is 35.6. The lowest BCUT2D eigenvalue weighted by Gasteiger charge is -2.05. The van der Waals surface area contributed by atoms with Gasteiger partial charge in [-0.05, 0) is 12.8 Å². The molecule has 0 radical (unpaired) electrons. The van der Waals surface area contributed by atoms with Crippen LogP contribution < -0.4 is 15.1 Å². The van der Waals surface area contributed by atoms with Gasteiger partial charge in [0, 0.05) is 4.29 Å². The Morgan fingerprint density at radius 3 is 1.39 bits per heavy atom. The summed E-state index contributed by atoms with van der Waals surface area (Å²) in [6, 6.07) is 0. The minimum absolute atomic E-state index is 0.608. The van der Waals surface area contributed by atoms with Gasteiger partial charge in [0.25, 0.3) is 10.8 Å². The third-order valence-corrected chi connectivity index (χ3v) is 4.65. The molecule has 0 rings (SSSR count). The van der Waals surface area contributed by atoms with Crippen LogP contribution in [0.5, 0.6) is 0 Å². The molecule has 0 heterocycles. The summed E-state index contributed by atoms with van der Waals surface area (Å²) in [5.41, 5.74) is 5.50. The Morgan fingerprint density at radius 2 is 1.04 bits per heavy atom.